The summed E-state index contributed by atoms with van der Waals surface area (Å²) in [7, 11) is 0. The summed E-state index contributed by atoms with van der Waals surface area (Å²) >= 11 is 0. The predicted octanol–water partition coefficient (Wildman–Crippen LogP) is 4.81. The molecule has 0 spiro atoms. The molecule has 0 aliphatic rings. The van der Waals surface area contributed by atoms with Crippen LogP contribution in [-0.4, -0.2) is 25.2 Å². The average Bonchev–Trinajstić information content (AvgIpc) is 2.84. The number of aliphatic hydroxyl groups excluding tert-OH is 2. The van der Waals surface area contributed by atoms with Crippen LogP contribution in [0.5, 0.6) is 0 Å². The molecule has 0 aliphatic heterocycles. The van der Waals surface area contributed by atoms with Gasteiger partial charge in [-0.05, 0) is 44.2 Å². The first-order chi connectivity index (χ1) is 17.3. The molecular weight excluding hydrogens is 462 g/mol. The number of para-hydroxylation sites is 4. The molecule has 9 heteroatoms. The van der Waals surface area contributed by atoms with E-state index in [1.807, 2.05) is 0 Å². The number of benzene rings is 2. The first kappa shape index (κ1) is 22.7. The monoisotopic (exact) mass is 481 g/mol. The van der Waals surface area contributed by atoms with E-state index in [4.69, 9.17) is 8.83 Å². The zero-order valence-electron chi connectivity index (χ0n) is 19.2. The third-order valence-electron chi connectivity index (χ3n) is 5.54. The van der Waals surface area contributed by atoms with E-state index in [9.17, 15) is 19.8 Å². The number of aromatic nitrogens is 3. The summed E-state index contributed by atoms with van der Waals surface area (Å²) in [6.07, 6.45) is 2.36. The molecule has 3 aromatic heterocycles. The van der Waals surface area contributed by atoms with Gasteiger partial charge >= 0.3 is 11.3 Å². The van der Waals surface area contributed by atoms with Crippen LogP contribution in [0.3, 0.4) is 0 Å². The SMILES string of the molecule is Cc1nc(C)c(/C(O)=C/c2nc3ccccc3oc2=O)cc1/C(O)=C/c1nc2ccccc2oc1=O. The van der Waals surface area contributed by atoms with E-state index in [0.717, 1.165) is 0 Å². The van der Waals surface area contributed by atoms with E-state index < -0.39 is 11.3 Å². The summed E-state index contributed by atoms with van der Waals surface area (Å²) in [5.74, 6) is -0.597. The Morgan fingerprint density at radius 2 is 1.11 bits per heavy atom. The minimum Gasteiger partial charge on any atom is -0.507 e. The Morgan fingerprint density at radius 1 is 0.694 bits per heavy atom. The van der Waals surface area contributed by atoms with Gasteiger partial charge in [0, 0.05) is 34.7 Å². The molecule has 0 saturated carbocycles. The summed E-state index contributed by atoms with van der Waals surface area (Å²) in [4.78, 5) is 37.6. The molecule has 3 heterocycles. The van der Waals surface area contributed by atoms with Crippen LogP contribution in [0.4, 0.5) is 0 Å². The standard InChI is InChI=1S/C27H19N3O6/c1-14-16(22(31)12-20-26(33)35-24-9-5-3-7-18(24)29-20)11-17(15(2)28-14)23(32)13-21-27(34)36-25-10-6-4-8-19(25)30-21/h3-13,31-32H,1-2H3/b22-12-,23-13-. The number of nitrogens with zero attached hydrogens (tertiary/aromatic N) is 3. The van der Waals surface area contributed by atoms with Gasteiger partial charge in [-0.15, -0.1) is 0 Å². The molecule has 0 atom stereocenters. The van der Waals surface area contributed by atoms with E-state index in [1.165, 1.54) is 18.2 Å². The van der Waals surface area contributed by atoms with Crippen LogP contribution in [0.25, 0.3) is 45.9 Å². The zero-order valence-corrected chi connectivity index (χ0v) is 19.2. The van der Waals surface area contributed by atoms with Crippen LogP contribution < -0.4 is 11.3 Å². The zero-order chi connectivity index (χ0) is 25.4. The highest BCUT2D eigenvalue weighted by Gasteiger charge is 2.15. The molecule has 0 radical (unpaired) electrons. The molecule has 178 valence electrons. The fraction of sp³-hybridized carbons (Fsp3) is 0.0741. The third kappa shape index (κ3) is 4.25. The topological polar surface area (TPSA) is 140 Å². The summed E-state index contributed by atoms with van der Waals surface area (Å²) in [6.45, 7) is 3.35. The maximum absolute atomic E-state index is 12.3. The van der Waals surface area contributed by atoms with E-state index >= 15 is 0 Å². The minimum absolute atomic E-state index is 0.0922. The van der Waals surface area contributed by atoms with Gasteiger partial charge < -0.3 is 19.0 Å². The molecule has 0 unspecified atom stereocenters. The Labute approximate surface area is 203 Å². The van der Waals surface area contributed by atoms with E-state index in [0.29, 0.717) is 33.6 Å². The molecule has 0 fully saturated rings. The average molecular weight is 481 g/mol. The molecule has 2 N–H and O–H groups in total. The van der Waals surface area contributed by atoms with Gasteiger partial charge in [0.05, 0.1) is 0 Å². The number of pyridine rings is 1. The molecule has 36 heavy (non-hydrogen) atoms. The highest BCUT2D eigenvalue weighted by Crippen LogP contribution is 2.25. The first-order valence-electron chi connectivity index (χ1n) is 10.9. The normalized spacial score (nSPS) is 12.4. The number of aliphatic hydroxyl groups is 2. The van der Waals surface area contributed by atoms with Gasteiger partial charge in [-0.3, -0.25) is 4.98 Å². The van der Waals surface area contributed by atoms with Crippen molar-refractivity contribution in [1.82, 2.24) is 15.0 Å². The van der Waals surface area contributed by atoms with Crippen LogP contribution >= 0.6 is 0 Å². The number of hydrogen-bond donors (Lipinski definition) is 2. The fourth-order valence-electron chi connectivity index (χ4n) is 3.77. The summed E-state index contributed by atoms with van der Waals surface area (Å²) in [5.41, 5.74) is 1.37. The highest BCUT2D eigenvalue weighted by atomic mass is 16.4. The molecule has 0 saturated heterocycles. The van der Waals surface area contributed by atoms with E-state index in [2.05, 4.69) is 15.0 Å². The Hall–Kier alpha value is -5.05. The number of aryl methyl sites for hydroxylation is 2. The number of fused-ring (bicyclic) bond motifs is 2. The highest BCUT2D eigenvalue weighted by molar-refractivity contribution is 5.83. The largest absolute Gasteiger partial charge is 0.507 e. The molecule has 5 aromatic rings. The lowest BCUT2D eigenvalue weighted by atomic mass is 10.0. The maximum Gasteiger partial charge on any atom is 0.362 e. The second-order valence-electron chi connectivity index (χ2n) is 8.02. The Balaban J connectivity index is 1.57. The van der Waals surface area contributed by atoms with Crippen molar-refractivity contribution >= 4 is 45.9 Å². The van der Waals surface area contributed by atoms with Crippen molar-refractivity contribution in [2.24, 2.45) is 0 Å². The maximum atomic E-state index is 12.3. The second-order valence-corrected chi connectivity index (χ2v) is 8.02. The smallest absolute Gasteiger partial charge is 0.362 e. The molecule has 0 amide bonds. The van der Waals surface area contributed by atoms with Gasteiger partial charge in [0.15, 0.2) is 22.6 Å². The van der Waals surface area contributed by atoms with Crippen molar-refractivity contribution in [2.75, 3.05) is 0 Å². The lowest BCUT2D eigenvalue weighted by Crippen LogP contribution is -2.08. The fourth-order valence-corrected chi connectivity index (χ4v) is 3.77. The van der Waals surface area contributed by atoms with Gasteiger partial charge in [0.25, 0.3) is 0 Å². The quantitative estimate of drug-likeness (QED) is 0.346. The van der Waals surface area contributed by atoms with Crippen molar-refractivity contribution in [3.8, 4) is 0 Å². The van der Waals surface area contributed by atoms with Crippen molar-refractivity contribution < 1.29 is 19.0 Å². The molecule has 0 bridgehead atoms. The number of hydrogen-bond acceptors (Lipinski definition) is 9. The van der Waals surface area contributed by atoms with Gasteiger partial charge in [-0.1, -0.05) is 24.3 Å². The van der Waals surface area contributed by atoms with Crippen LogP contribution in [0, 0.1) is 13.8 Å². The molecule has 5 rings (SSSR count). The predicted molar refractivity (Wildman–Crippen MR) is 135 cm³/mol. The molecule has 0 aliphatic carbocycles. The van der Waals surface area contributed by atoms with Gasteiger partial charge in [-0.25, -0.2) is 19.6 Å². The molecule has 2 aromatic carbocycles. The first-order valence-corrected chi connectivity index (χ1v) is 10.9. The van der Waals surface area contributed by atoms with Gasteiger partial charge in [0.1, 0.15) is 22.6 Å². The Kier molecular flexibility index (Phi) is 5.65. The Bertz CT molecular complexity index is 1700. The second kappa shape index (κ2) is 8.95. The van der Waals surface area contributed by atoms with Crippen LogP contribution in [0.15, 0.2) is 73.0 Å². The van der Waals surface area contributed by atoms with Crippen LogP contribution in [0.1, 0.15) is 33.9 Å². The van der Waals surface area contributed by atoms with Crippen molar-refractivity contribution in [3.63, 3.8) is 0 Å². The lowest BCUT2D eigenvalue weighted by Gasteiger charge is -2.11. The molecule has 9 nitrogen and oxygen atoms in total. The summed E-state index contributed by atoms with van der Waals surface area (Å²) in [6, 6.07) is 15.1. The van der Waals surface area contributed by atoms with E-state index in [1.54, 1.807) is 62.4 Å². The molecular formula is C27H19N3O6. The van der Waals surface area contributed by atoms with Crippen molar-refractivity contribution in [2.45, 2.75) is 13.8 Å². The van der Waals surface area contributed by atoms with Gasteiger partial charge in [0.2, 0.25) is 0 Å². The van der Waals surface area contributed by atoms with Crippen molar-refractivity contribution in [1.29, 1.82) is 0 Å². The minimum atomic E-state index is -0.713. The lowest BCUT2D eigenvalue weighted by molar-refractivity contribution is 0.509. The number of rotatable bonds is 4. The Morgan fingerprint density at radius 3 is 1.56 bits per heavy atom. The van der Waals surface area contributed by atoms with Crippen molar-refractivity contribution in [3.05, 3.63) is 109 Å². The van der Waals surface area contributed by atoms with Gasteiger partial charge in [-0.2, -0.15) is 0 Å². The van der Waals surface area contributed by atoms with Crippen LogP contribution in [0.2, 0.25) is 0 Å². The summed E-state index contributed by atoms with van der Waals surface area (Å²) in [5, 5.41) is 21.6. The third-order valence-corrected chi connectivity index (χ3v) is 5.54. The summed E-state index contributed by atoms with van der Waals surface area (Å²) < 4.78 is 10.5. The van der Waals surface area contributed by atoms with E-state index in [-0.39, 0.29) is 34.0 Å². The van der Waals surface area contributed by atoms with Crippen LogP contribution in [-0.2, 0) is 0 Å².